The van der Waals surface area contributed by atoms with Crippen molar-refractivity contribution in [1.29, 1.82) is 0 Å². The monoisotopic (exact) mass is 617 g/mol. The van der Waals surface area contributed by atoms with Crippen LogP contribution < -0.4 is 0 Å². The number of piperidine rings is 2. The summed E-state index contributed by atoms with van der Waals surface area (Å²) >= 11 is 12.7. The molecule has 2 saturated heterocycles. The smallest absolute Gasteiger partial charge is 0.254 e. The molecule has 3 aromatic rings. The van der Waals surface area contributed by atoms with Gasteiger partial charge in [0.2, 0.25) is 5.91 Å². The fourth-order valence-electron chi connectivity index (χ4n) is 7.13. The molecule has 0 radical (unpaired) electrons. The molecular weight excluding hydrogens is 577 g/mol. The topological polar surface area (TPSA) is 43.9 Å². The van der Waals surface area contributed by atoms with Crippen LogP contribution in [0.25, 0.3) is 0 Å². The van der Waals surface area contributed by atoms with E-state index in [0.717, 1.165) is 75.8 Å². The summed E-state index contributed by atoms with van der Waals surface area (Å²) in [4.78, 5) is 33.0. The summed E-state index contributed by atoms with van der Waals surface area (Å²) in [5.41, 5.74) is 2.71. The highest BCUT2D eigenvalue weighted by Crippen LogP contribution is 2.40. The number of amides is 2. The van der Waals surface area contributed by atoms with E-state index >= 15 is 0 Å². The fraction of sp³-hybridized carbons (Fsp3) is 0.389. The van der Waals surface area contributed by atoms with E-state index in [2.05, 4.69) is 34.6 Å². The van der Waals surface area contributed by atoms with Crippen LogP contribution in [0.1, 0.15) is 65.9 Å². The van der Waals surface area contributed by atoms with Gasteiger partial charge in [-0.3, -0.25) is 9.59 Å². The van der Waals surface area contributed by atoms with Crippen molar-refractivity contribution in [2.45, 2.75) is 56.0 Å². The van der Waals surface area contributed by atoms with Crippen LogP contribution in [0.4, 0.5) is 0 Å². The van der Waals surface area contributed by atoms with Crippen LogP contribution in [0, 0.1) is 0 Å². The number of nitrogens with zero attached hydrogens (tertiary/aromatic N) is 3. The molecule has 0 bridgehead atoms. The molecule has 0 aromatic heterocycles. The molecule has 226 valence electrons. The standard InChI is InChI=1S/C36H41Cl2N3O2/c1-3-34(42)39(2)36(29-14-8-5-9-15-29)20-24-40(25-21-36)22-11-17-33-30(28-18-19-31(37)32(38)26-28)16-10-23-41(33)35(43)27-12-6-4-7-13-27/h3-9,12-15,18-19,26,30,33H,1,10-11,16-17,20-25H2,2H3. The number of hydrogen-bond acceptors (Lipinski definition) is 3. The molecule has 5 nitrogen and oxygen atoms in total. The average Bonchev–Trinajstić information content (AvgIpc) is 3.06. The number of likely N-dealkylation sites (tertiary alicyclic amines) is 2. The van der Waals surface area contributed by atoms with Crippen LogP contribution in [0.2, 0.25) is 10.0 Å². The van der Waals surface area contributed by atoms with Crippen molar-refractivity contribution in [3.8, 4) is 0 Å². The van der Waals surface area contributed by atoms with Crippen molar-refractivity contribution < 1.29 is 9.59 Å². The minimum atomic E-state index is -0.343. The highest BCUT2D eigenvalue weighted by molar-refractivity contribution is 6.42. The lowest BCUT2D eigenvalue weighted by Crippen LogP contribution is -2.53. The van der Waals surface area contributed by atoms with Gasteiger partial charge in [-0.15, -0.1) is 0 Å². The average molecular weight is 619 g/mol. The zero-order valence-electron chi connectivity index (χ0n) is 24.9. The van der Waals surface area contributed by atoms with Gasteiger partial charge in [0, 0.05) is 44.2 Å². The summed E-state index contributed by atoms with van der Waals surface area (Å²) in [6.07, 6.45) is 6.97. The lowest BCUT2D eigenvalue weighted by molar-refractivity contribution is -0.133. The molecule has 7 heteroatoms. The van der Waals surface area contributed by atoms with Gasteiger partial charge in [0.15, 0.2) is 0 Å². The maximum Gasteiger partial charge on any atom is 0.254 e. The number of carbonyl (C=O) groups excluding carboxylic acids is 2. The normalized spacial score (nSPS) is 20.4. The first kappa shape index (κ1) is 31.3. The zero-order valence-corrected chi connectivity index (χ0v) is 26.4. The molecule has 2 atom stereocenters. The van der Waals surface area contributed by atoms with Crippen molar-refractivity contribution in [2.75, 3.05) is 33.2 Å². The van der Waals surface area contributed by atoms with Crippen molar-refractivity contribution in [3.05, 3.63) is 118 Å². The summed E-state index contributed by atoms with van der Waals surface area (Å²) in [6, 6.07) is 26.0. The molecule has 2 unspecified atom stereocenters. The highest BCUT2D eigenvalue weighted by Gasteiger charge is 2.41. The van der Waals surface area contributed by atoms with Crippen LogP contribution in [0.15, 0.2) is 91.5 Å². The largest absolute Gasteiger partial charge is 0.335 e. The third-order valence-electron chi connectivity index (χ3n) is 9.55. The summed E-state index contributed by atoms with van der Waals surface area (Å²) in [6.45, 7) is 7.23. The van der Waals surface area contributed by atoms with Gasteiger partial charge in [0.25, 0.3) is 5.91 Å². The SMILES string of the molecule is C=CC(=O)N(C)C1(c2ccccc2)CCN(CCCC2C(c3ccc(Cl)c(Cl)c3)CCCN2C(=O)c2ccccc2)CC1. The molecule has 2 aliphatic heterocycles. The van der Waals surface area contributed by atoms with Gasteiger partial charge < -0.3 is 14.7 Å². The molecule has 0 N–H and O–H groups in total. The summed E-state index contributed by atoms with van der Waals surface area (Å²) in [5, 5.41) is 1.10. The number of hydrogen-bond donors (Lipinski definition) is 0. The third-order valence-corrected chi connectivity index (χ3v) is 10.3. The minimum absolute atomic E-state index is 0.0499. The Kier molecular flexibility index (Phi) is 10.3. The fourth-order valence-corrected chi connectivity index (χ4v) is 7.44. The molecule has 2 aliphatic rings. The van der Waals surface area contributed by atoms with E-state index < -0.39 is 0 Å². The number of rotatable bonds is 9. The van der Waals surface area contributed by atoms with Gasteiger partial charge in [-0.25, -0.2) is 0 Å². The molecule has 2 heterocycles. The Hall–Kier alpha value is -3.12. The van der Waals surface area contributed by atoms with Crippen molar-refractivity contribution in [2.24, 2.45) is 0 Å². The van der Waals surface area contributed by atoms with Crippen LogP contribution >= 0.6 is 23.2 Å². The Bertz CT molecular complexity index is 1410. The molecule has 0 saturated carbocycles. The molecule has 43 heavy (non-hydrogen) atoms. The maximum absolute atomic E-state index is 13.8. The lowest BCUT2D eigenvalue weighted by Gasteiger charge is -2.48. The Morgan fingerprint density at radius 1 is 0.953 bits per heavy atom. The molecule has 2 amide bonds. The van der Waals surface area contributed by atoms with Gasteiger partial charge in [-0.1, -0.05) is 84.4 Å². The van der Waals surface area contributed by atoms with E-state index in [-0.39, 0.29) is 29.3 Å². The maximum atomic E-state index is 13.8. The van der Waals surface area contributed by atoms with Crippen LogP contribution in [-0.2, 0) is 10.3 Å². The molecule has 3 aromatic carbocycles. The molecule has 0 aliphatic carbocycles. The van der Waals surface area contributed by atoms with E-state index in [1.807, 2.05) is 72.6 Å². The number of benzene rings is 3. The first-order valence-corrected chi connectivity index (χ1v) is 16.1. The molecule has 5 rings (SSSR count). The Morgan fingerprint density at radius 3 is 2.28 bits per heavy atom. The second-order valence-corrected chi connectivity index (χ2v) is 12.7. The third kappa shape index (κ3) is 6.85. The lowest BCUT2D eigenvalue weighted by atomic mass is 9.79. The van der Waals surface area contributed by atoms with Gasteiger partial charge in [-0.2, -0.15) is 0 Å². The number of carbonyl (C=O) groups is 2. The van der Waals surface area contributed by atoms with Crippen LogP contribution in [-0.4, -0.2) is 65.8 Å². The highest BCUT2D eigenvalue weighted by atomic mass is 35.5. The van der Waals surface area contributed by atoms with Crippen molar-refractivity contribution >= 4 is 35.0 Å². The predicted octanol–water partition coefficient (Wildman–Crippen LogP) is 7.80. The summed E-state index contributed by atoms with van der Waals surface area (Å²) in [7, 11) is 1.90. The van der Waals surface area contributed by atoms with Gasteiger partial charge in [-0.05, 0) is 86.5 Å². The van der Waals surface area contributed by atoms with Gasteiger partial charge in [0.05, 0.1) is 15.6 Å². The van der Waals surface area contributed by atoms with E-state index in [1.165, 1.54) is 11.6 Å². The molecule has 2 fully saturated rings. The number of halogens is 2. The first-order valence-electron chi connectivity index (χ1n) is 15.3. The second kappa shape index (κ2) is 14.1. The van der Waals surface area contributed by atoms with Crippen molar-refractivity contribution in [3.63, 3.8) is 0 Å². The van der Waals surface area contributed by atoms with E-state index in [9.17, 15) is 9.59 Å². The quantitative estimate of drug-likeness (QED) is 0.230. The van der Waals surface area contributed by atoms with Gasteiger partial charge in [0.1, 0.15) is 0 Å². The molecular formula is C36H41Cl2N3O2. The Balaban J connectivity index is 1.30. The summed E-state index contributed by atoms with van der Waals surface area (Å²) < 4.78 is 0. The first-order chi connectivity index (χ1) is 20.8. The van der Waals surface area contributed by atoms with Gasteiger partial charge >= 0.3 is 0 Å². The predicted molar refractivity (Wildman–Crippen MR) is 176 cm³/mol. The van der Waals surface area contributed by atoms with Crippen LogP contribution in [0.5, 0.6) is 0 Å². The number of likely N-dealkylation sites (N-methyl/N-ethyl adjacent to an activating group) is 1. The van der Waals surface area contributed by atoms with Crippen LogP contribution in [0.3, 0.4) is 0 Å². The minimum Gasteiger partial charge on any atom is -0.335 e. The zero-order chi connectivity index (χ0) is 30.4. The second-order valence-electron chi connectivity index (χ2n) is 11.8. The van der Waals surface area contributed by atoms with E-state index in [0.29, 0.717) is 10.0 Å². The Labute approximate surface area is 266 Å². The van der Waals surface area contributed by atoms with E-state index in [4.69, 9.17) is 23.2 Å². The Morgan fingerprint density at radius 2 is 1.63 bits per heavy atom. The molecule has 0 spiro atoms. The summed E-state index contributed by atoms with van der Waals surface area (Å²) in [5.74, 6) is 0.240. The van der Waals surface area contributed by atoms with E-state index in [1.54, 1.807) is 0 Å². The van der Waals surface area contributed by atoms with Crippen molar-refractivity contribution in [1.82, 2.24) is 14.7 Å².